The first kappa shape index (κ1) is 17.0. The molecule has 2 aromatic rings. The van der Waals surface area contributed by atoms with Crippen molar-refractivity contribution >= 4 is 28.8 Å². The second-order valence-corrected chi connectivity index (χ2v) is 6.03. The van der Waals surface area contributed by atoms with Crippen LogP contribution in [0.3, 0.4) is 0 Å². The molecule has 0 fully saturated rings. The van der Waals surface area contributed by atoms with E-state index >= 15 is 0 Å². The summed E-state index contributed by atoms with van der Waals surface area (Å²) in [5.41, 5.74) is 0.983. The van der Waals surface area contributed by atoms with Gasteiger partial charge in [-0.2, -0.15) is 0 Å². The summed E-state index contributed by atoms with van der Waals surface area (Å²) in [5, 5.41) is 5.65. The van der Waals surface area contributed by atoms with Gasteiger partial charge in [-0.05, 0) is 29.1 Å². The zero-order valence-electron chi connectivity index (χ0n) is 12.3. The minimum absolute atomic E-state index is 0.0127. The van der Waals surface area contributed by atoms with Gasteiger partial charge in [0.25, 0.3) is 0 Å². The molecule has 1 atom stereocenters. The summed E-state index contributed by atoms with van der Waals surface area (Å²) in [6.45, 7) is 0.881. The summed E-state index contributed by atoms with van der Waals surface area (Å²) in [5.74, 6) is -0.163. The molecular formula is C16H18ClNO3S. The fourth-order valence-corrected chi connectivity index (χ4v) is 2.87. The molecule has 1 aromatic carbocycles. The van der Waals surface area contributed by atoms with Gasteiger partial charge in [0.05, 0.1) is 19.3 Å². The minimum Gasteiger partial charge on any atom is -0.382 e. The third kappa shape index (κ3) is 5.10. The van der Waals surface area contributed by atoms with Crippen LogP contribution in [-0.2, 0) is 14.3 Å². The number of methoxy groups -OCH3 is 1. The predicted molar refractivity (Wildman–Crippen MR) is 88.5 cm³/mol. The molecule has 1 N–H and O–H groups in total. The molecule has 4 nitrogen and oxygen atoms in total. The lowest BCUT2D eigenvalue weighted by atomic mass is 10.1. The van der Waals surface area contributed by atoms with Gasteiger partial charge in [-0.1, -0.05) is 29.8 Å². The first-order valence-corrected chi connectivity index (χ1v) is 8.11. The highest BCUT2D eigenvalue weighted by Crippen LogP contribution is 2.26. The van der Waals surface area contributed by atoms with E-state index in [1.54, 1.807) is 18.4 Å². The average molecular weight is 340 g/mol. The van der Waals surface area contributed by atoms with E-state index in [9.17, 15) is 4.79 Å². The Bertz CT molecular complexity index is 572. The molecule has 0 spiro atoms. The monoisotopic (exact) mass is 339 g/mol. The van der Waals surface area contributed by atoms with Crippen molar-refractivity contribution < 1.29 is 14.3 Å². The van der Waals surface area contributed by atoms with Gasteiger partial charge in [-0.25, -0.2) is 0 Å². The number of rotatable bonds is 8. The van der Waals surface area contributed by atoms with Gasteiger partial charge in [0.2, 0.25) is 5.91 Å². The number of benzene rings is 1. The number of nitrogens with one attached hydrogen (secondary N) is 1. The number of ether oxygens (including phenoxy) is 2. The van der Waals surface area contributed by atoms with Gasteiger partial charge in [0, 0.05) is 17.0 Å². The number of thiophene rings is 1. The maximum Gasteiger partial charge on any atom is 0.246 e. The van der Waals surface area contributed by atoms with Crippen molar-refractivity contribution in [3.63, 3.8) is 0 Å². The molecule has 22 heavy (non-hydrogen) atoms. The van der Waals surface area contributed by atoms with E-state index in [1.165, 1.54) is 0 Å². The zero-order valence-corrected chi connectivity index (χ0v) is 13.8. The third-order valence-electron chi connectivity index (χ3n) is 3.00. The predicted octanol–water partition coefficient (Wildman–Crippen LogP) is 3.27. The SMILES string of the molecule is COCCOCC(=O)N[C@@H](c1ccc(Cl)cc1)c1cccs1. The molecule has 0 unspecified atom stereocenters. The van der Waals surface area contributed by atoms with Crippen molar-refractivity contribution in [2.75, 3.05) is 26.9 Å². The second kappa shape index (κ2) is 8.90. The maximum atomic E-state index is 12.1. The minimum atomic E-state index is -0.198. The van der Waals surface area contributed by atoms with Crippen molar-refractivity contribution in [3.05, 3.63) is 57.2 Å². The summed E-state index contributed by atoms with van der Waals surface area (Å²) < 4.78 is 10.1. The Morgan fingerprint density at radius 2 is 2.05 bits per heavy atom. The summed E-state index contributed by atoms with van der Waals surface area (Å²) >= 11 is 7.52. The summed E-state index contributed by atoms with van der Waals surface area (Å²) in [4.78, 5) is 13.1. The van der Waals surface area contributed by atoms with Crippen LogP contribution in [0.2, 0.25) is 5.02 Å². The topological polar surface area (TPSA) is 47.6 Å². The molecule has 0 bridgehead atoms. The van der Waals surface area contributed by atoms with E-state index < -0.39 is 0 Å². The molecule has 1 heterocycles. The third-order valence-corrected chi connectivity index (χ3v) is 4.19. The Balaban J connectivity index is 2.03. The molecule has 1 amide bonds. The van der Waals surface area contributed by atoms with Gasteiger partial charge < -0.3 is 14.8 Å². The molecule has 0 radical (unpaired) electrons. The molecule has 2 rings (SSSR count). The number of carbonyl (C=O) groups is 1. The fourth-order valence-electron chi connectivity index (χ4n) is 1.94. The highest BCUT2D eigenvalue weighted by molar-refractivity contribution is 7.10. The number of amides is 1. The van der Waals surface area contributed by atoms with E-state index in [1.807, 2.05) is 41.8 Å². The average Bonchev–Trinajstić information content (AvgIpc) is 3.04. The van der Waals surface area contributed by atoms with Gasteiger partial charge in [0.15, 0.2) is 0 Å². The Labute approximate surface area is 139 Å². The van der Waals surface area contributed by atoms with E-state index in [0.717, 1.165) is 10.4 Å². The first-order chi connectivity index (χ1) is 10.7. The zero-order chi connectivity index (χ0) is 15.8. The molecule has 0 aliphatic rings. The van der Waals surface area contributed by atoms with Crippen molar-refractivity contribution in [2.45, 2.75) is 6.04 Å². The normalized spacial score (nSPS) is 12.1. The van der Waals surface area contributed by atoms with Crippen LogP contribution in [0.5, 0.6) is 0 Å². The van der Waals surface area contributed by atoms with Crippen LogP contribution in [0.15, 0.2) is 41.8 Å². The molecule has 0 aliphatic heterocycles. The smallest absolute Gasteiger partial charge is 0.246 e. The Morgan fingerprint density at radius 1 is 1.27 bits per heavy atom. The summed E-state index contributed by atoms with van der Waals surface area (Å²) in [6, 6.07) is 11.2. The van der Waals surface area contributed by atoms with Crippen LogP contribution in [-0.4, -0.2) is 32.8 Å². The van der Waals surface area contributed by atoms with E-state index in [-0.39, 0.29) is 18.6 Å². The lowest BCUT2D eigenvalue weighted by Crippen LogP contribution is -2.32. The number of carbonyl (C=O) groups excluding carboxylic acids is 1. The lowest BCUT2D eigenvalue weighted by Gasteiger charge is -2.18. The standard InChI is InChI=1S/C16H18ClNO3S/c1-20-8-9-21-11-15(19)18-16(14-3-2-10-22-14)12-4-6-13(17)7-5-12/h2-7,10,16H,8-9,11H2,1H3,(H,18,19)/t16-/m0/s1. The molecule has 0 saturated carbocycles. The van der Waals surface area contributed by atoms with Crippen LogP contribution in [0, 0.1) is 0 Å². The molecule has 6 heteroatoms. The maximum absolute atomic E-state index is 12.1. The van der Waals surface area contributed by atoms with Crippen molar-refractivity contribution in [2.24, 2.45) is 0 Å². The van der Waals surface area contributed by atoms with Crippen LogP contribution in [0.25, 0.3) is 0 Å². The van der Waals surface area contributed by atoms with Crippen molar-refractivity contribution in [3.8, 4) is 0 Å². The fraction of sp³-hybridized carbons (Fsp3) is 0.312. The van der Waals surface area contributed by atoms with Crippen LogP contribution in [0.1, 0.15) is 16.5 Å². The van der Waals surface area contributed by atoms with Crippen LogP contribution in [0.4, 0.5) is 0 Å². The van der Waals surface area contributed by atoms with E-state index in [0.29, 0.717) is 18.2 Å². The number of halogens is 1. The lowest BCUT2D eigenvalue weighted by molar-refractivity contribution is -0.126. The quantitative estimate of drug-likeness (QED) is 0.751. The highest BCUT2D eigenvalue weighted by atomic mass is 35.5. The van der Waals surface area contributed by atoms with Crippen molar-refractivity contribution in [1.82, 2.24) is 5.32 Å². The molecule has 118 valence electrons. The summed E-state index contributed by atoms with van der Waals surface area (Å²) in [7, 11) is 1.59. The number of hydrogen-bond donors (Lipinski definition) is 1. The largest absolute Gasteiger partial charge is 0.382 e. The van der Waals surface area contributed by atoms with Crippen molar-refractivity contribution in [1.29, 1.82) is 0 Å². The van der Waals surface area contributed by atoms with Gasteiger partial charge in [0.1, 0.15) is 6.61 Å². The van der Waals surface area contributed by atoms with Gasteiger partial charge in [-0.3, -0.25) is 4.79 Å². The van der Waals surface area contributed by atoms with Gasteiger partial charge >= 0.3 is 0 Å². The summed E-state index contributed by atoms with van der Waals surface area (Å²) in [6.07, 6.45) is 0. The molecule has 1 aromatic heterocycles. The number of hydrogen-bond acceptors (Lipinski definition) is 4. The molecule has 0 saturated heterocycles. The van der Waals surface area contributed by atoms with E-state index in [2.05, 4.69) is 5.32 Å². The highest BCUT2D eigenvalue weighted by Gasteiger charge is 2.17. The Hall–Kier alpha value is -1.40. The van der Waals surface area contributed by atoms with Crippen LogP contribution < -0.4 is 5.32 Å². The second-order valence-electron chi connectivity index (χ2n) is 4.61. The Kier molecular flexibility index (Phi) is 6.86. The molecule has 0 aliphatic carbocycles. The van der Waals surface area contributed by atoms with Crippen LogP contribution >= 0.6 is 22.9 Å². The van der Waals surface area contributed by atoms with E-state index in [4.69, 9.17) is 21.1 Å². The first-order valence-electron chi connectivity index (χ1n) is 6.85. The molecular weight excluding hydrogens is 322 g/mol. The van der Waals surface area contributed by atoms with Gasteiger partial charge in [-0.15, -0.1) is 11.3 Å². The Morgan fingerprint density at radius 3 is 2.68 bits per heavy atom.